The minimum absolute atomic E-state index is 0.442. The molecule has 0 spiro atoms. The van der Waals surface area contributed by atoms with E-state index in [1.165, 1.54) is 0 Å². The first-order valence-electron chi connectivity index (χ1n) is 3.49. The molecule has 0 unspecified atom stereocenters. The molecule has 0 aliphatic carbocycles. The maximum atomic E-state index is 5.46. The summed E-state index contributed by atoms with van der Waals surface area (Å²) >= 11 is 3.34. The van der Waals surface area contributed by atoms with Crippen molar-refractivity contribution in [1.82, 2.24) is 0 Å². The van der Waals surface area contributed by atoms with Crippen LogP contribution in [0.4, 0.5) is 0 Å². The Hall–Kier alpha value is -1.03. The molecule has 3 nitrogen and oxygen atoms in total. The summed E-state index contributed by atoms with van der Waals surface area (Å²) in [7, 11) is 0. The van der Waals surface area contributed by atoms with Crippen LogP contribution in [0.5, 0.6) is 0 Å². The van der Waals surface area contributed by atoms with E-state index in [2.05, 4.69) is 21.0 Å². The number of nitrogens with two attached hydrogens (primary N) is 2. The second kappa shape index (κ2) is 4.11. The standard InChI is InChI=1S/C8H10BrN3/c9-7-3-1-6(2-4-7)5-8(10)12-11/h1-4H,5,11H2,(H2,10,12). The highest BCUT2D eigenvalue weighted by atomic mass is 79.9. The molecule has 0 bridgehead atoms. The highest BCUT2D eigenvalue weighted by Crippen LogP contribution is 2.10. The summed E-state index contributed by atoms with van der Waals surface area (Å²) in [5, 5.41) is 3.39. The van der Waals surface area contributed by atoms with Gasteiger partial charge in [-0.05, 0) is 17.7 Å². The van der Waals surface area contributed by atoms with Crippen LogP contribution in [0.25, 0.3) is 0 Å². The SMILES string of the molecule is N/N=C(/N)Cc1ccc(Br)cc1. The van der Waals surface area contributed by atoms with E-state index < -0.39 is 0 Å². The van der Waals surface area contributed by atoms with E-state index in [0.717, 1.165) is 10.0 Å². The van der Waals surface area contributed by atoms with Gasteiger partial charge in [0.2, 0.25) is 0 Å². The van der Waals surface area contributed by atoms with Crippen molar-refractivity contribution >= 4 is 21.8 Å². The highest BCUT2D eigenvalue weighted by Gasteiger charge is 1.95. The van der Waals surface area contributed by atoms with Gasteiger partial charge in [-0.1, -0.05) is 28.1 Å². The lowest BCUT2D eigenvalue weighted by molar-refractivity contribution is 1.17. The fraction of sp³-hybridized carbons (Fsp3) is 0.125. The molecule has 0 amide bonds. The first-order chi connectivity index (χ1) is 5.72. The van der Waals surface area contributed by atoms with Crippen LogP contribution >= 0.6 is 15.9 Å². The smallest absolute Gasteiger partial charge is 0.123 e. The Bertz CT molecular complexity index is 279. The molecule has 0 heterocycles. The van der Waals surface area contributed by atoms with E-state index in [4.69, 9.17) is 11.6 Å². The van der Waals surface area contributed by atoms with Gasteiger partial charge in [0.25, 0.3) is 0 Å². The zero-order chi connectivity index (χ0) is 8.97. The van der Waals surface area contributed by atoms with Crippen molar-refractivity contribution in [1.29, 1.82) is 0 Å². The predicted octanol–water partition coefficient (Wildman–Crippen LogP) is 1.22. The van der Waals surface area contributed by atoms with E-state index >= 15 is 0 Å². The molecule has 4 heteroatoms. The Morgan fingerprint density at radius 2 is 1.92 bits per heavy atom. The van der Waals surface area contributed by atoms with Crippen LogP contribution in [0.1, 0.15) is 5.56 Å². The van der Waals surface area contributed by atoms with Crippen LogP contribution in [-0.4, -0.2) is 5.84 Å². The van der Waals surface area contributed by atoms with E-state index in [9.17, 15) is 0 Å². The largest absolute Gasteiger partial charge is 0.385 e. The normalized spacial score (nSPS) is 11.6. The minimum Gasteiger partial charge on any atom is -0.385 e. The Balaban J connectivity index is 2.71. The Kier molecular flexibility index (Phi) is 3.10. The highest BCUT2D eigenvalue weighted by molar-refractivity contribution is 9.10. The molecule has 4 N–H and O–H groups in total. The number of halogens is 1. The quantitative estimate of drug-likeness (QED) is 0.346. The number of nitrogens with zero attached hydrogens (tertiary/aromatic N) is 1. The third-order valence-electron chi connectivity index (χ3n) is 1.46. The van der Waals surface area contributed by atoms with Gasteiger partial charge in [0.05, 0.1) is 0 Å². The Labute approximate surface area is 79.6 Å². The molecule has 0 fully saturated rings. The number of benzene rings is 1. The lowest BCUT2D eigenvalue weighted by Gasteiger charge is -1.99. The van der Waals surface area contributed by atoms with Crippen LogP contribution < -0.4 is 11.6 Å². The van der Waals surface area contributed by atoms with Crippen molar-refractivity contribution in [2.24, 2.45) is 16.7 Å². The molecule has 0 aliphatic heterocycles. The zero-order valence-electron chi connectivity index (χ0n) is 6.50. The Morgan fingerprint density at radius 1 is 1.33 bits per heavy atom. The van der Waals surface area contributed by atoms with Crippen LogP contribution in [-0.2, 0) is 6.42 Å². The van der Waals surface area contributed by atoms with Crippen LogP contribution in [0, 0.1) is 0 Å². The van der Waals surface area contributed by atoms with Gasteiger partial charge in [-0.25, -0.2) is 0 Å². The molecule has 0 aliphatic rings. The maximum Gasteiger partial charge on any atom is 0.123 e. The molecule has 0 atom stereocenters. The first-order valence-corrected chi connectivity index (χ1v) is 4.28. The predicted molar refractivity (Wildman–Crippen MR) is 53.7 cm³/mol. The van der Waals surface area contributed by atoms with Gasteiger partial charge < -0.3 is 11.6 Å². The summed E-state index contributed by atoms with van der Waals surface area (Å²) in [6.07, 6.45) is 0.601. The molecular formula is C8H10BrN3. The number of rotatable bonds is 2. The summed E-state index contributed by atoms with van der Waals surface area (Å²) in [4.78, 5) is 0. The average molecular weight is 228 g/mol. The molecule has 0 radical (unpaired) electrons. The van der Waals surface area contributed by atoms with Crippen LogP contribution in [0.2, 0.25) is 0 Å². The summed E-state index contributed by atoms with van der Waals surface area (Å²) in [6.45, 7) is 0. The van der Waals surface area contributed by atoms with Crippen molar-refractivity contribution in [3.63, 3.8) is 0 Å². The van der Waals surface area contributed by atoms with Gasteiger partial charge in [0.15, 0.2) is 0 Å². The van der Waals surface area contributed by atoms with Crippen molar-refractivity contribution < 1.29 is 0 Å². The summed E-state index contributed by atoms with van der Waals surface area (Å²) in [5.74, 6) is 5.45. The monoisotopic (exact) mass is 227 g/mol. The zero-order valence-corrected chi connectivity index (χ0v) is 8.08. The number of hydrogen-bond acceptors (Lipinski definition) is 2. The number of amidine groups is 1. The van der Waals surface area contributed by atoms with Gasteiger partial charge in [0.1, 0.15) is 5.84 Å². The molecule has 1 aromatic rings. The molecule has 1 rings (SSSR count). The van der Waals surface area contributed by atoms with Crippen molar-refractivity contribution in [3.8, 4) is 0 Å². The van der Waals surface area contributed by atoms with Gasteiger partial charge in [-0.2, -0.15) is 5.10 Å². The molecule has 0 saturated heterocycles. The molecular weight excluding hydrogens is 218 g/mol. The topological polar surface area (TPSA) is 64.4 Å². The van der Waals surface area contributed by atoms with Crippen molar-refractivity contribution in [3.05, 3.63) is 34.3 Å². The third kappa shape index (κ3) is 2.54. The molecule has 0 aromatic heterocycles. The number of hydrogen-bond donors (Lipinski definition) is 2. The van der Waals surface area contributed by atoms with Crippen molar-refractivity contribution in [2.75, 3.05) is 0 Å². The minimum atomic E-state index is 0.442. The Morgan fingerprint density at radius 3 is 2.42 bits per heavy atom. The summed E-state index contributed by atoms with van der Waals surface area (Å²) in [6, 6.07) is 7.86. The summed E-state index contributed by atoms with van der Waals surface area (Å²) < 4.78 is 1.05. The first kappa shape index (κ1) is 9.06. The second-order valence-corrected chi connectivity index (χ2v) is 3.34. The number of hydrazone groups is 1. The fourth-order valence-electron chi connectivity index (χ4n) is 0.857. The molecule has 1 aromatic carbocycles. The fourth-order valence-corrected chi connectivity index (χ4v) is 1.12. The average Bonchev–Trinajstić information content (AvgIpc) is 2.09. The molecule has 0 saturated carbocycles. The van der Waals surface area contributed by atoms with Gasteiger partial charge in [0, 0.05) is 10.9 Å². The summed E-state index contributed by atoms with van der Waals surface area (Å²) in [5.41, 5.74) is 6.56. The van der Waals surface area contributed by atoms with E-state index in [-0.39, 0.29) is 0 Å². The lowest BCUT2D eigenvalue weighted by Crippen LogP contribution is -2.16. The van der Waals surface area contributed by atoms with E-state index in [1.54, 1.807) is 0 Å². The maximum absolute atomic E-state index is 5.46. The molecule has 12 heavy (non-hydrogen) atoms. The molecule has 64 valence electrons. The third-order valence-corrected chi connectivity index (χ3v) is 1.99. The van der Waals surface area contributed by atoms with Crippen LogP contribution in [0.3, 0.4) is 0 Å². The second-order valence-electron chi connectivity index (χ2n) is 2.42. The lowest BCUT2D eigenvalue weighted by atomic mass is 10.1. The van der Waals surface area contributed by atoms with Crippen molar-refractivity contribution in [2.45, 2.75) is 6.42 Å². The van der Waals surface area contributed by atoms with Gasteiger partial charge >= 0.3 is 0 Å². The van der Waals surface area contributed by atoms with E-state index in [0.29, 0.717) is 12.3 Å². The van der Waals surface area contributed by atoms with Crippen LogP contribution in [0.15, 0.2) is 33.8 Å². The van der Waals surface area contributed by atoms with E-state index in [1.807, 2.05) is 24.3 Å². The van der Waals surface area contributed by atoms with Gasteiger partial charge in [-0.15, -0.1) is 0 Å². The van der Waals surface area contributed by atoms with Gasteiger partial charge in [-0.3, -0.25) is 0 Å².